The summed E-state index contributed by atoms with van der Waals surface area (Å²) in [6.45, 7) is 2.06. The molecule has 0 amide bonds. The molecule has 0 atom stereocenters. The maximum atomic E-state index is 12.0. The van der Waals surface area contributed by atoms with E-state index in [1.165, 1.54) is 0 Å². The van der Waals surface area contributed by atoms with Gasteiger partial charge in [-0.3, -0.25) is 4.79 Å². The second kappa shape index (κ2) is 6.02. The molecule has 0 bridgehead atoms. The van der Waals surface area contributed by atoms with Crippen LogP contribution in [0.5, 0.6) is 5.88 Å². The van der Waals surface area contributed by atoms with Crippen molar-refractivity contribution in [3.8, 4) is 17.0 Å². The van der Waals surface area contributed by atoms with Crippen molar-refractivity contribution in [2.45, 2.75) is 26.2 Å². The average molecular weight is 323 g/mol. The molecule has 0 aliphatic rings. The zero-order chi connectivity index (χ0) is 13.8. The van der Waals surface area contributed by atoms with Crippen LogP contribution in [0.2, 0.25) is 0 Å². The Morgan fingerprint density at radius 2 is 2.00 bits per heavy atom. The third-order valence-electron chi connectivity index (χ3n) is 2.85. The molecule has 0 aliphatic heterocycles. The van der Waals surface area contributed by atoms with E-state index < -0.39 is 0 Å². The van der Waals surface area contributed by atoms with Gasteiger partial charge >= 0.3 is 0 Å². The normalized spacial score (nSPS) is 10.6. The molecule has 100 valence electrons. The number of aromatic amines is 1. The molecule has 0 aliphatic carbocycles. The lowest BCUT2D eigenvalue weighted by atomic mass is 10.1. The summed E-state index contributed by atoms with van der Waals surface area (Å²) in [6, 6.07) is 7.17. The van der Waals surface area contributed by atoms with Crippen LogP contribution in [0.15, 0.2) is 33.5 Å². The van der Waals surface area contributed by atoms with Crippen molar-refractivity contribution in [3.05, 3.63) is 44.9 Å². The highest BCUT2D eigenvalue weighted by Gasteiger charge is 2.12. The minimum atomic E-state index is -0.305. The molecule has 1 heterocycles. The maximum absolute atomic E-state index is 12.0. The van der Waals surface area contributed by atoms with Crippen molar-refractivity contribution in [3.63, 3.8) is 0 Å². The highest BCUT2D eigenvalue weighted by atomic mass is 79.9. The standard InChI is InChI=1S/C14H15BrN2O2/c1-2-3-4-11-16-13(18)12(14(19)17-11)9-5-7-10(15)8-6-9/h5-8H,2-4H2,1H3,(H2,16,17,18,19). The lowest BCUT2D eigenvalue weighted by Crippen LogP contribution is -2.14. The van der Waals surface area contributed by atoms with E-state index in [-0.39, 0.29) is 17.0 Å². The molecule has 0 spiro atoms. The summed E-state index contributed by atoms with van der Waals surface area (Å²) < 4.78 is 0.916. The predicted octanol–water partition coefficient (Wildman–Crippen LogP) is 3.25. The van der Waals surface area contributed by atoms with E-state index in [0.717, 1.165) is 17.3 Å². The Kier molecular flexibility index (Phi) is 4.37. The van der Waals surface area contributed by atoms with Crippen molar-refractivity contribution in [2.24, 2.45) is 0 Å². The van der Waals surface area contributed by atoms with Crippen molar-refractivity contribution < 1.29 is 5.11 Å². The molecule has 19 heavy (non-hydrogen) atoms. The number of hydrogen-bond acceptors (Lipinski definition) is 3. The van der Waals surface area contributed by atoms with Crippen LogP contribution in [0.25, 0.3) is 11.1 Å². The second-order valence-corrected chi connectivity index (χ2v) is 5.24. The van der Waals surface area contributed by atoms with Crippen LogP contribution in [0, 0.1) is 0 Å². The maximum Gasteiger partial charge on any atom is 0.262 e. The van der Waals surface area contributed by atoms with Gasteiger partial charge in [-0.05, 0) is 24.1 Å². The number of nitrogens with zero attached hydrogens (tertiary/aromatic N) is 1. The van der Waals surface area contributed by atoms with Gasteiger partial charge < -0.3 is 10.1 Å². The van der Waals surface area contributed by atoms with Gasteiger partial charge in [-0.25, -0.2) is 0 Å². The number of rotatable bonds is 4. The summed E-state index contributed by atoms with van der Waals surface area (Å²) in [4.78, 5) is 18.8. The Hall–Kier alpha value is -1.62. The molecule has 0 fully saturated rings. The largest absolute Gasteiger partial charge is 0.493 e. The molecule has 5 heteroatoms. The number of unbranched alkanes of at least 4 members (excludes halogenated alkanes) is 1. The Labute approximate surface area is 119 Å². The molecule has 0 saturated heterocycles. The molecule has 2 rings (SSSR count). The molecule has 0 radical (unpaired) electrons. The van der Waals surface area contributed by atoms with Crippen LogP contribution in [0.1, 0.15) is 25.6 Å². The Morgan fingerprint density at radius 1 is 1.32 bits per heavy atom. The molecular formula is C14H15BrN2O2. The summed E-state index contributed by atoms with van der Waals surface area (Å²) in [5.41, 5.74) is 0.560. The van der Waals surface area contributed by atoms with Crippen LogP contribution in [0.3, 0.4) is 0 Å². The first-order chi connectivity index (χ1) is 9.11. The molecule has 4 nitrogen and oxygen atoms in total. The molecule has 1 aromatic heterocycles. The predicted molar refractivity (Wildman–Crippen MR) is 78.3 cm³/mol. The van der Waals surface area contributed by atoms with Gasteiger partial charge in [0.1, 0.15) is 11.4 Å². The van der Waals surface area contributed by atoms with Crippen LogP contribution in [0.4, 0.5) is 0 Å². The van der Waals surface area contributed by atoms with Crippen molar-refractivity contribution in [1.29, 1.82) is 0 Å². The number of nitrogens with one attached hydrogen (secondary N) is 1. The van der Waals surface area contributed by atoms with E-state index in [1.807, 2.05) is 12.1 Å². The Morgan fingerprint density at radius 3 is 2.58 bits per heavy atom. The van der Waals surface area contributed by atoms with Gasteiger partial charge in [-0.15, -0.1) is 0 Å². The lowest BCUT2D eigenvalue weighted by Gasteiger charge is -2.06. The summed E-state index contributed by atoms with van der Waals surface area (Å²) in [5.74, 6) is 0.322. The molecule has 1 aromatic carbocycles. The molecule has 0 unspecified atom stereocenters. The van der Waals surface area contributed by atoms with E-state index in [2.05, 4.69) is 32.8 Å². The molecule has 0 saturated carbocycles. The van der Waals surface area contributed by atoms with Crippen LogP contribution < -0.4 is 5.56 Å². The molecular weight excluding hydrogens is 308 g/mol. The van der Waals surface area contributed by atoms with Gasteiger partial charge in [0.2, 0.25) is 5.88 Å². The van der Waals surface area contributed by atoms with Crippen LogP contribution in [-0.4, -0.2) is 15.1 Å². The first kappa shape index (κ1) is 13.8. The van der Waals surface area contributed by atoms with Gasteiger partial charge in [-0.1, -0.05) is 41.4 Å². The van der Waals surface area contributed by atoms with E-state index in [0.29, 0.717) is 17.8 Å². The monoisotopic (exact) mass is 322 g/mol. The van der Waals surface area contributed by atoms with Crippen molar-refractivity contribution in [1.82, 2.24) is 9.97 Å². The smallest absolute Gasteiger partial charge is 0.262 e. The highest BCUT2D eigenvalue weighted by molar-refractivity contribution is 9.10. The fourth-order valence-electron chi connectivity index (χ4n) is 1.85. The van der Waals surface area contributed by atoms with Crippen LogP contribution >= 0.6 is 15.9 Å². The minimum Gasteiger partial charge on any atom is -0.493 e. The summed E-state index contributed by atoms with van der Waals surface area (Å²) >= 11 is 3.33. The fourth-order valence-corrected chi connectivity index (χ4v) is 2.11. The van der Waals surface area contributed by atoms with Gasteiger partial charge in [0.25, 0.3) is 5.56 Å². The lowest BCUT2D eigenvalue weighted by molar-refractivity contribution is 0.449. The number of hydrogen-bond donors (Lipinski definition) is 2. The Balaban J connectivity index is 2.42. The first-order valence-corrected chi connectivity index (χ1v) is 6.99. The summed E-state index contributed by atoms with van der Waals surface area (Å²) in [5, 5.41) is 9.95. The Bertz CT molecular complexity index is 620. The second-order valence-electron chi connectivity index (χ2n) is 4.32. The van der Waals surface area contributed by atoms with E-state index in [1.54, 1.807) is 12.1 Å². The van der Waals surface area contributed by atoms with E-state index in [4.69, 9.17) is 0 Å². The van der Waals surface area contributed by atoms with Crippen molar-refractivity contribution >= 4 is 15.9 Å². The number of H-pyrrole nitrogens is 1. The number of benzene rings is 1. The quantitative estimate of drug-likeness (QED) is 0.908. The minimum absolute atomic E-state index is 0.211. The number of halogens is 1. The molecule has 2 aromatic rings. The third kappa shape index (κ3) is 3.23. The summed E-state index contributed by atoms with van der Waals surface area (Å²) in [7, 11) is 0. The number of aryl methyl sites for hydroxylation is 1. The SMILES string of the molecule is CCCCc1nc(O)c(-c2ccc(Br)cc2)c(=O)[nH]1. The zero-order valence-electron chi connectivity index (χ0n) is 10.6. The number of aromatic nitrogens is 2. The third-order valence-corrected chi connectivity index (χ3v) is 3.38. The van der Waals surface area contributed by atoms with E-state index in [9.17, 15) is 9.90 Å². The van der Waals surface area contributed by atoms with Gasteiger partial charge in [0, 0.05) is 10.9 Å². The van der Waals surface area contributed by atoms with Crippen molar-refractivity contribution in [2.75, 3.05) is 0 Å². The zero-order valence-corrected chi connectivity index (χ0v) is 12.2. The number of aromatic hydroxyl groups is 1. The summed E-state index contributed by atoms with van der Waals surface area (Å²) in [6.07, 6.45) is 2.61. The highest BCUT2D eigenvalue weighted by Crippen LogP contribution is 2.24. The average Bonchev–Trinajstić information content (AvgIpc) is 2.38. The molecule has 2 N–H and O–H groups in total. The van der Waals surface area contributed by atoms with E-state index >= 15 is 0 Å². The van der Waals surface area contributed by atoms with Crippen LogP contribution in [-0.2, 0) is 6.42 Å². The topological polar surface area (TPSA) is 66.0 Å². The first-order valence-electron chi connectivity index (χ1n) is 6.20. The van der Waals surface area contributed by atoms with Gasteiger partial charge in [0.05, 0.1) is 0 Å². The fraction of sp³-hybridized carbons (Fsp3) is 0.286. The van der Waals surface area contributed by atoms with Gasteiger partial charge in [-0.2, -0.15) is 4.98 Å². The van der Waals surface area contributed by atoms with Gasteiger partial charge in [0.15, 0.2) is 0 Å².